The molecule has 0 bridgehead atoms. The molecule has 1 atom stereocenters. The van der Waals surface area contributed by atoms with E-state index in [2.05, 4.69) is 0 Å². The van der Waals surface area contributed by atoms with Gasteiger partial charge in [-0.25, -0.2) is 0 Å². The van der Waals surface area contributed by atoms with E-state index in [1.165, 1.54) is 12.1 Å². The van der Waals surface area contributed by atoms with Crippen molar-refractivity contribution in [1.29, 1.82) is 0 Å². The Morgan fingerprint density at radius 1 is 0.842 bits per heavy atom. The van der Waals surface area contributed by atoms with Gasteiger partial charge < -0.3 is 5.11 Å². The lowest BCUT2D eigenvalue weighted by Gasteiger charge is -2.13. The van der Waals surface area contributed by atoms with Gasteiger partial charge in [-0.05, 0) is 35.4 Å². The first-order valence-electron chi connectivity index (χ1n) is 5.48. The Kier molecular flexibility index (Phi) is 3.83. The Bertz CT molecular complexity index is 546. The highest BCUT2D eigenvalue weighted by Crippen LogP contribution is 2.31. The molecule has 1 nitrogen and oxygen atoms in total. The minimum atomic E-state index is -4.37. The molecule has 5 heteroatoms. The summed E-state index contributed by atoms with van der Waals surface area (Å²) in [4.78, 5) is 0. The molecule has 0 aliphatic heterocycles. The molecule has 0 spiro atoms. The summed E-state index contributed by atoms with van der Waals surface area (Å²) in [6, 6.07) is 10.9. The van der Waals surface area contributed by atoms with Gasteiger partial charge in [-0.15, -0.1) is 0 Å². The summed E-state index contributed by atoms with van der Waals surface area (Å²) in [7, 11) is 0. The largest absolute Gasteiger partial charge is 0.416 e. The zero-order chi connectivity index (χ0) is 14.0. The predicted octanol–water partition coefficient (Wildman–Crippen LogP) is 4.44. The van der Waals surface area contributed by atoms with Crippen molar-refractivity contribution in [2.75, 3.05) is 0 Å². The lowest BCUT2D eigenvalue weighted by molar-refractivity contribution is -0.137. The summed E-state index contributed by atoms with van der Waals surface area (Å²) >= 11 is 5.73. The van der Waals surface area contributed by atoms with Crippen LogP contribution in [0.1, 0.15) is 22.8 Å². The van der Waals surface area contributed by atoms with Crippen molar-refractivity contribution in [2.24, 2.45) is 0 Å². The molecule has 0 aliphatic rings. The lowest BCUT2D eigenvalue weighted by atomic mass is 10.0. The van der Waals surface area contributed by atoms with Gasteiger partial charge in [0, 0.05) is 5.02 Å². The number of aliphatic hydroxyl groups excluding tert-OH is 1. The van der Waals surface area contributed by atoms with Crippen molar-refractivity contribution in [3.8, 4) is 0 Å². The third-order valence-electron chi connectivity index (χ3n) is 2.74. The molecule has 2 aromatic rings. The Balaban J connectivity index is 2.25. The quantitative estimate of drug-likeness (QED) is 0.865. The maximum atomic E-state index is 12.4. The summed E-state index contributed by atoms with van der Waals surface area (Å²) in [6.45, 7) is 0. The fraction of sp³-hybridized carbons (Fsp3) is 0.143. The fourth-order valence-electron chi connectivity index (χ4n) is 1.69. The van der Waals surface area contributed by atoms with E-state index >= 15 is 0 Å². The number of rotatable bonds is 2. The van der Waals surface area contributed by atoms with Crippen LogP contribution in [0, 0.1) is 0 Å². The van der Waals surface area contributed by atoms with Gasteiger partial charge in [-0.1, -0.05) is 35.9 Å². The second-order valence-electron chi connectivity index (χ2n) is 4.07. The molecule has 0 fully saturated rings. The van der Waals surface area contributed by atoms with Crippen LogP contribution in [-0.4, -0.2) is 5.11 Å². The minimum Gasteiger partial charge on any atom is -0.384 e. The van der Waals surface area contributed by atoms with Crippen LogP contribution in [0.15, 0.2) is 48.5 Å². The molecule has 100 valence electrons. The Morgan fingerprint density at radius 2 is 1.26 bits per heavy atom. The van der Waals surface area contributed by atoms with Gasteiger partial charge in [-0.2, -0.15) is 13.2 Å². The van der Waals surface area contributed by atoms with E-state index in [0.29, 0.717) is 16.1 Å². The van der Waals surface area contributed by atoms with Crippen molar-refractivity contribution >= 4 is 11.6 Å². The molecule has 2 aromatic carbocycles. The first kappa shape index (κ1) is 13.9. The molecule has 2 rings (SSSR count). The molecule has 0 radical (unpaired) electrons. The van der Waals surface area contributed by atoms with Gasteiger partial charge in [0.2, 0.25) is 0 Å². The molecular weight excluding hydrogens is 277 g/mol. The average Bonchev–Trinajstić information content (AvgIpc) is 2.38. The SMILES string of the molecule is O[C@@H](c1ccc(Cl)cc1)c1ccc(C(F)(F)F)cc1. The first-order chi connectivity index (χ1) is 8.88. The standard InChI is InChI=1S/C14H10ClF3O/c15-12-7-3-10(4-8-12)13(19)9-1-5-11(6-2-9)14(16,17)18/h1-8,13,19H/t13-/m1/s1. The Hall–Kier alpha value is -1.52. The van der Waals surface area contributed by atoms with Crippen LogP contribution in [-0.2, 0) is 6.18 Å². The third kappa shape index (κ3) is 3.28. The number of benzene rings is 2. The molecular formula is C14H10ClF3O. The molecule has 0 aliphatic carbocycles. The van der Waals surface area contributed by atoms with Crippen molar-refractivity contribution in [3.63, 3.8) is 0 Å². The lowest BCUT2D eigenvalue weighted by Crippen LogP contribution is -2.06. The van der Waals surface area contributed by atoms with Crippen LogP contribution >= 0.6 is 11.6 Å². The minimum absolute atomic E-state index is 0.398. The van der Waals surface area contributed by atoms with Crippen LogP contribution < -0.4 is 0 Å². The Labute approximate surface area is 113 Å². The molecule has 19 heavy (non-hydrogen) atoms. The summed E-state index contributed by atoms with van der Waals surface area (Å²) in [5.74, 6) is 0. The average molecular weight is 287 g/mol. The van der Waals surface area contributed by atoms with E-state index in [4.69, 9.17) is 11.6 Å². The predicted molar refractivity (Wildman–Crippen MR) is 67.0 cm³/mol. The molecule has 0 unspecified atom stereocenters. The van der Waals surface area contributed by atoms with Crippen LogP contribution in [0.2, 0.25) is 5.02 Å². The summed E-state index contributed by atoms with van der Waals surface area (Å²) in [6.07, 6.45) is -5.34. The number of alkyl halides is 3. The fourth-order valence-corrected chi connectivity index (χ4v) is 1.82. The van der Waals surface area contributed by atoms with E-state index < -0.39 is 17.8 Å². The van der Waals surface area contributed by atoms with Crippen molar-refractivity contribution in [1.82, 2.24) is 0 Å². The summed E-state index contributed by atoms with van der Waals surface area (Å²) < 4.78 is 37.2. The Morgan fingerprint density at radius 3 is 1.68 bits per heavy atom. The number of hydrogen-bond donors (Lipinski definition) is 1. The van der Waals surface area contributed by atoms with Crippen LogP contribution in [0.5, 0.6) is 0 Å². The van der Waals surface area contributed by atoms with Gasteiger partial charge in [0.15, 0.2) is 0 Å². The molecule has 0 heterocycles. The number of halogens is 4. The van der Waals surface area contributed by atoms with Gasteiger partial charge in [-0.3, -0.25) is 0 Å². The molecule has 0 amide bonds. The monoisotopic (exact) mass is 286 g/mol. The van der Waals surface area contributed by atoms with Gasteiger partial charge >= 0.3 is 6.18 Å². The zero-order valence-corrected chi connectivity index (χ0v) is 10.4. The number of aliphatic hydroxyl groups is 1. The third-order valence-corrected chi connectivity index (χ3v) is 2.99. The molecule has 0 saturated heterocycles. The smallest absolute Gasteiger partial charge is 0.384 e. The highest BCUT2D eigenvalue weighted by Gasteiger charge is 2.30. The number of hydrogen-bond acceptors (Lipinski definition) is 1. The normalized spacial score (nSPS) is 13.3. The van der Waals surface area contributed by atoms with E-state index in [-0.39, 0.29) is 0 Å². The molecule has 0 saturated carbocycles. The van der Waals surface area contributed by atoms with Crippen molar-refractivity contribution < 1.29 is 18.3 Å². The first-order valence-corrected chi connectivity index (χ1v) is 5.86. The highest BCUT2D eigenvalue weighted by atomic mass is 35.5. The topological polar surface area (TPSA) is 20.2 Å². The van der Waals surface area contributed by atoms with E-state index in [0.717, 1.165) is 12.1 Å². The van der Waals surface area contributed by atoms with E-state index in [1.54, 1.807) is 24.3 Å². The van der Waals surface area contributed by atoms with Crippen LogP contribution in [0.4, 0.5) is 13.2 Å². The van der Waals surface area contributed by atoms with Crippen molar-refractivity contribution in [3.05, 3.63) is 70.2 Å². The van der Waals surface area contributed by atoms with E-state index in [9.17, 15) is 18.3 Å². The van der Waals surface area contributed by atoms with Crippen LogP contribution in [0.25, 0.3) is 0 Å². The second-order valence-corrected chi connectivity index (χ2v) is 4.51. The van der Waals surface area contributed by atoms with Crippen LogP contribution in [0.3, 0.4) is 0 Å². The summed E-state index contributed by atoms with van der Waals surface area (Å²) in [5, 5.41) is 10.6. The maximum Gasteiger partial charge on any atom is 0.416 e. The maximum absolute atomic E-state index is 12.4. The second kappa shape index (κ2) is 5.23. The zero-order valence-electron chi connectivity index (χ0n) is 9.66. The van der Waals surface area contributed by atoms with E-state index in [1.807, 2.05) is 0 Å². The highest BCUT2D eigenvalue weighted by molar-refractivity contribution is 6.30. The van der Waals surface area contributed by atoms with Crippen molar-refractivity contribution in [2.45, 2.75) is 12.3 Å². The molecule has 0 aromatic heterocycles. The molecule has 1 N–H and O–H groups in total. The van der Waals surface area contributed by atoms with Gasteiger partial charge in [0.25, 0.3) is 0 Å². The summed E-state index contributed by atoms with van der Waals surface area (Å²) in [5.41, 5.74) is 0.235. The van der Waals surface area contributed by atoms with Gasteiger partial charge in [0.1, 0.15) is 6.10 Å². The van der Waals surface area contributed by atoms with Gasteiger partial charge in [0.05, 0.1) is 5.56 Å².